The SMILES string of the molecule is O=C(O)C(O)c1cccc(OC2CCCOC2)c1. The second-order valence-electron chi connectivity index (χ2n) is 4.27. The van der Waals surface area contributed by atoms with Crippen molar-refractivity contribution < 1.29 is 24.5 Å². The van der Waals surface area contributed by atoms with Gasteiger partial charge in [0.15, 0.2) is 6.10 Å². The van der Waals surface area contributed by atoms with Gasteiger partial charge < -0.3 is 19.7 Å². The molecule has 1 heterocycles. The highest BCUT2D eigenvalue weighted by Gasteiger charge is 2.18. The molecule has 1 saturated heterocycles. The molecule has 0 saturated carbocycles. The first-order chi connectivity index (χ1) is 8.66. The largest absolute Gasteiger partial charge is 0.488 e. The number of aliphatic hydroxyl groups is 1. The van der Waals surface area contributed by atoms with E-state index in [4.69, 9.17) is 14.6 Å². The van der Waals surface area contributed by atoms with E-state index in [1.807, 2.05) is 0 Å². The Balaban J connectivity index is 2.04. The van der Waals surface area contributed by atoms with Gasteiger partial charge in [-0.25, -0.2) is 4.79 Å². The van der Waals surface area contributed by atoms with Crippen molar-refractivity contribution in [2.75, 3.05) is 13.2 Å². The van der Waals surface area contributed by atoms with E-state index in [9.17, 15) is 9.90 Å². The lowest BCUT2D eigenvalue weighted by molar-refractivity contribution is -0.146. The summed E-state index contributed by atoms with van der Waals surface area (Å²) in [5, 5.41) is 18.2. The smallest absolute Gasteiger partial charge is 0.337 e. The Morgan fingerprint density at radius 1 is 1.50 bits per heavy atom. The fourth-order valence-electron chi connectivity index (χ4n) is 1.90. The van der Waals surface area contributed by atoms with Gasteiger partial charge in [-0.15, -0.1) is 0 Å². The van der Waals surface area contributed by atoms with Crippen LogP contribution in [0.2, 0.25) is 0 Å². The van der Waals surface area contributed by atoms with Gasteiger partial charge >= 0.3 is 5.97 Å². The second-order valence-corrected chi connectivity index (χ2v) is 4.27. The van der Waals surface area contributed by atoms with Crippen molar-refractivity contribution in [1.29, 1.82) is 0 Å². The molecule has 18 heavy (non-hydrogen) atoms. The number of aliphatic carboxylic acids is 1. The van der Waals surface area contributed by atoms with Crippen LogP contribution in [0.5, 0.6) is 5.75 Å². The summed E-state index contributed by atoms with van der Waals surface area (Å²) >= 11 is 0. The third-order valence-electron chi connectivity index (χ3n) is 2.83. The first kappa shape index (κ1) is 12.9. The van der Waals surface area contributed by atoms with Crippen molar-refractivity contribution in [2.24, 2.45) is 0 Å². The molecule has 0 amide bonds. The Morgan fingerprint density at radius 2 is 2.33 bits per heavy atom. The van der Waals surface area contributed by atoms with Crippen LogP contribution in [0.4, 0.5) is 0 Å². The summed E-state index contributed by atoms with van der Waals surface area (Å²) in [7, 11) is 0. The normalized spacial score (nSPS) is 21.3. The lowest BCUT2D eigenvalue weighted by Crippen LogP contribution is -2.28. The van der Waals surface area contributed by atoms with Crippen molar-refractivity contribution in [3.05, 3.63) is 29.8 Å². The zero-order valence-electron chi connectivity index (χ0n) is 9.91. The number of hydrogen-bond acceptors (Lipinski definition) is 4. The van der Waals surface area contributed by atoms with Crippen molar-refractivity contribution in [3.63, 3.8) is 0 Å². The number of aliphatic hydroxyl groups excluding tert-OH is 1. The lowest BCUT2D eigenvalue weighted by Gasteiger charge is -2.23. The molecule has 0 spiro atoms. The molecule has 0 aliphatic carbocycles. The molecular formula is C13H16O5. The van der Waals surface area contributed by atoms with E-state index in [2.05, 4.69) is 0 Å². The molecule has 1 fully saturated rings. The third kappa shape index (κ3) is 3.21. The molecule has 98 valence electrons. The van der Waals surface area contributed by atoms with E-state index in [0.29, 0.717) is 17.9 Å². The third-order valence-corrected chi connectivity index (χ3v) is 2.83. The van der Waals surface area contributed by atoms with Crippen LogP contribution < -0.4 is 4.74 Å². The van der Waals surface area contributed by atoms with Crippen molar-refractivity contribution in [2.45, 2.75) is 25.0 Å². The zero-order valence-corrected chi connectivity index (χ0v) is 9.91. The van der Waals surface area contributed by atoms with Crippen LogP contribution >= 0.6 is 0 Å². The number of ether oxygens (including phenoxy) is 2. The summed E-state index contributed by atoms with van der Waals surface area (Å²) in [6.07, 6.45) is 0.362. The van der Waals surface area contributed by atoms with Gasteiger partial charge in [-0.2, -0.15) is 0 Å². The monoisotopic (exact) mass is 252 g/mol. The van der Waals surface area contributed by atoms with E-state index in [1.165, 1.54) is 0 Å². The van der Waals surface area contributed by atoms with Crippen LogP contribution in [0.25, 0.3) is 0 Å². The van der Waals surface area contributed by atoms with E-state index in [-0.39, 0.29) is 6.10 Å². The molecule has 0 radical (unpaired) electrons. The van der Waals surface area contributed by atoms with E-state index in [1.54, 1.807) is 24.3 Å². The fourth-order valence-corrected chi connectivity index (χ4v) is 1.90. The lowest BCUT2D eigenvalue weighted by atomic mass is 10.1. The molecule has 2 rings (SSSR count). The number of rotatable bonds is 4. The van der Waals surface area contributed by atoms with Crippen molar-refractivity contribution >= 4 is 5.97 Å². The van der Waals surface area contributed by atoms with Crippen LogP contribution in [0.3, 0.4) is 0 Å². The van der Waals surface area contributed by atoms with Gasteiger partial charge in [0.2, 0.25) is 0 Å². The molecular weight excluding hydrogens is 236 g/mol. The maximum absolute atomic E-state index is 10.7. The molecule has 1 aliphatic rings. The summed E-state index contributed by atoms with van der Waals surface area (Å²) in [4.78, 5) is 10.7. The molecule has 1 aromatic rings. The van der Waals surface area contributed by atoms with E-state index >= 15 is 0 Å². The minimum absolute atomic E-state index is 0.00373. The molecule has 0 aromatic heterocycles. The minimum atomic E-state index is -1.52. The predicted octanol–water partition coefficient (Wildman–Crippen LogP) is 1.36. The molecule has 1 aliphatic heterocycles. The average molecular weight is 252 g/mol. The first-order valence-electron chi connectivity index (χ1n) is 5.92. The van der Waals surface area contributed by atoms with Crippen molar-refractivity contribution in [3.8, 4) is 5.75 Å². The maximum atomic E-state index is 10.7. The number of carboxylic acids is 1. The molecule has 2 N–H and O–H groups in total. The van der Waals surface area contributed by atoms with Gasteiger partial charge in [-0.3, -0.25) is 0 Å². The first-order valence-corrected chi connectivity index (χ1v) is 5.92. The Labute approximate surface area is 105 Å². The number of carboxylic acid groups (broad SMARTS) is 1. The van der Waals surface area contributed by atoms with E-state index < -0.39 is 12.1 Å². The van der Waals surface area contributed by atoms with Gasteiger partial charge in [-0.05, 0) is 30.5 Å². The van der Waals surface area contributed by atoms with Crippen LogP contribution in [0.15, 0.2) is 24.3 Å². The summed E-state index contributed by atoms with van der Waals surface area (Å²) in [6, 6.07) is 6.52. The van der Waals surface area contributed by atoms with Gasteiger partial charge in [0.25, 0.3) is 0 Å². The Hall–Kier alpha value is -1.59. The molecule has 2 unspecified atom stereocenters. The predicted molar refractivity (Wildman–Crippen MR) is 63.5 cm³/mol. The van der Waals surface area contributed by atoms with E-state index in [0.717, 1.165) is 19.4 Å². The van der Waals surface area contributed by atoms with Gasteiger partial charge in [0, 0.05) is 6.61 Å². The molecule has 0 bridgehead atoms. The summed E-state index contributed by atoms with van der Waals surface area (Å²) in [6.45, 7) is 1.31. The number of benzene rings is 1. The molecule has 5 nitrogen and oxygen atoms in total. The van der Waals surface area contributed by atoms with Crippen LogP contribution in [-0.4, -0.2) is 35.5 Å². The second kappa shape index (κ2) is 5.84. The van der Waals surface area contributed by atoms with Crippen LogP contribution in [0, 0.1) is 0 Å². The topological polar surface area (TPSA) is 76.0 Å². The van der Waals surface area contributed by atoms with Crippen molar-refractivity contribution in [1.82, 2.24) is 0 Å². The van der Waals surface area contributed by atoms with Crippen LogP contribution in [0.1, 0.15) is 24.5 Å². The Bertz CT molecular complexity index is 412. The summed E-state index contributed by atoms with van der Waals surface area (Å²) in [5.41, 5.74) is 0.316. The van der Waals surface area contributed by atoms with Gasteiger partial charge in [-0.1, -0.05) is 12.1 Å². The Kier molecular flexibility index (Phi) is 4.17. The molecule has 1 aromatic carbocycles. The highest BCUT2D eigenvalue weighted by molar-refractivity contribution is 5.74. The van der Waals surface area contributed by atoms with Gasteiger partial charge in [0.1, 0.15) is 11.9 Å². The average Bonchev–Trinajstić information content (AvgIpc) is 2.39. The quantitative estimate of drug-likeness (QED) is 0.846. The summed E-state index contributed by atoms with van der Waals surface area (Å²) < 4.78 is 11.0. The molecule has 5 heteroatoms. The number of carbonyl (C=O) groups is 1. The van der Waals surface area contributed by atoms with Crippen LogP contribution in [-0.2, 0) is 9.53 Å². The standard InChI is InChI=1S/C13H16O5/c14-12(13(15)16)9-3-1-4-10(7-9)18-11-5-2-6-17-8-11/h1,3-4,7,11-12,14H,2,5-6,8H2,(H,15,16). The molecule has 2 atom stereocenters. The highest BCUT2D eigenvalue weighted by atomic mass is 16.5. The maximum Gasteiger partial charge on any atom is 0.337 e. The zero-order chi connectivity index (χ0) is 13.0. The highest BCUT2D eigenvalue weighted by Crippen LogP contribution is 2.22. The fraction of sp³-hybridized carbons (Fsp3) is 0.462. The van der Waals surface area contributed by atoms with Gasteiger partial charge in [0.05, 0.1) is 6.61 Å². The summed E-state index contributed by atoms with van der Waals surface area (Å²) in [5.74, 6) is -0.712. The Morgan fingerprint density at radius 3 is 3.00 bits per heavy atom. The number of hydrogen-bond donors (Lipinski definition) is 2. The minimum Gasteiger partial charge on any atom is -0.488 e.